The number of halogens is 1. The van der Waals surface area contributed by atoms with Gasteiger partial charge in [-0.3, -0.25) is 9.79 Å². The summed E-state index contributed by atoms with van der Waals surface area (Å²) in [5, 5.41) is 12.3. The lowest BCUT2D eigenvalue weighted by atomic mass is 9.93. The van der Waals surface area contributed by atoms with Crippen LogP contribution in [0.1, 0.15) is 36.7 Å². The molecule has 1 aliphatic heterocycles. The Morgan fingerprint density at radius 3 is 2.43 bits per heavy atom. The van der Waals surface area contributed by atoms with Crippen LogP contribution in [0.4, 0.5) is 4.39 Å². The van der Waals surface area contributed by atoms with Gasteiger partial charge in [-0.15, -0.1) is 0 Å². The number of carbonyl (C=O) groups excluding carboxylic acids is 1. The molecule has 2 aromatic carbocycles. The first-order chi connectivity index (χ1) is 13.0. The molecule has 1 heterocycles. The Balaban J connectivity index is 2.12. The Morgan fingerprint density at radius 1 is 1.14 bits per heavy atom. The monoisotopic (exact) mass is 404 g/mol. The second kappa shape index (κ2) is 6.70. The van der Waals surface area contributed by atoms with Crippen molar-refractivity contribution in [2.24, 2.45) is 4.99 Å². The molecule has 2 N–H and O–H groups in total. The summed E-state index contributed by atoms with van der Waals surface area (Å²) in [5.74, 6) is -1.93. The molecule has 2 aromatic rings. The predicted molar refractivity (Wildman–Crippen MR) is 105 cm³/mol. The largest absolute Gasteiger partial charge is 0.508 e. The molecule has 28 heavy (non-hydrogen) atoms. The lowest BCUT2D eigenvalue weighted by Crippen LogP contribution is -2.57. The highest BCUT2D eigenvalue weighted by Gasteiger charge is 2.50. The Bertz CT molecular complexity index is 1060. The number of aliphatic imine (C=N–C) groups is 1. The number of hydrogen-bond acceptors (Lipinski definition) is 5. The van der Waals surface area contributed by atoms with Crippen LogP contribution in [0, 0.1) is 5.82 Å². The van der Waals surface area contributed by atoms with Gasteiger partial charge in [0.1, 0.15) is 27.7 Å². The van der Waals surface area contributed by atoms with Gasteiger partial charge in [0.25, 0.3) is 5.91 Å². The normalized spacial score (nSPS) is 22.9. The molecule has 0 unspecified atom stereocenters. The number of amides is 1. The first-order valence-corrected chi connectivity index (χ1v) is 10.3. The molecule has 148 valence electrons. The number of hydrogen-bond donors (Lipinski definition) is 2. The number of sulfone groups is 1. The summed E-state index contributed by atoms with van der Waals surface area (Å²) in [5.41, 5.74) is -1.22. The molecule has 0 spiro atoms. The first-order valence-electron chi connectivity index (χ1n) is 8.64. The van der Waals surface area contributed by atoms with Crippen molar-refractivity contribution < 1.29 is 22.7 Å². The van der Waals surface area contributed by atoms with Crippen LogP contribution in [0.2, 0.25) is 0 Å². The van der Waals surface area contributed by atoms with Crippen LogP contribution in [-0.2, 0) is 15.4 Å². The second-order valence-electron chi connectivity index (χ2n) is 7.49. The van der Waals surface area contributed by atoms with Gasteiger partial charge >= 0.3 is 0 Å². The fourth-order valence-corrected chi connectivity index (χ4v) is 4.84. The van der Waals surface area contributed by atoms with Gasteiger partial charge in [-0.2, -0.15) is 0 Å². The summed E-state index contributed by atoms with van der Waals surface area (Å²) >= 11 is 0. The van der Waals surface area contributed by atoms with E-state index in [-0.39, 0.29) is 17.1 Å². The van der Waals surface area contributed by atoms with Gasteiger partial charge in [0.2, 0.25) is 0 Å². The van der Waals surface area contributed by atoms with Crippen LogP contribution < -0.4 is 5.32 Å². The number of nitrogens with one attached hydrogen (secondary N) is 1. The van der Waals surface area contributed by atoms with Crippen molar-refractivity contribution >= 4 is 21.6 Å². The van der Waals surface area contributed by atoms with Gasteiger partial charge in [0.15, 0.2) is 9.84 Å². The lowest BCUT2D eigenvalue weighted by Gasteiger charge is -2.39. The molecule has 0 saturated heterocycles. The van der Waals surface area contributed by atoms with Crippen molar-refractivity contribution in [3.8, 4) is 5.75 Å². The number of nitrogens with zero attached hydrogens (tertiary/aromatic N) is 1. The summed E-state index contributed by atoms with van der Waals surface area (Å²) < 4.78 is 39.0. The lowest BCUT2D eigenvalue weighted by molar-refractivity contribution is 0.0975. The van der Waals surface area contributed by atoms with E-state index >= 15 is 0 Å². The number of rotatable bonds is 2. The minimum atomic E-state index is -3.82. The molecule has 0 radical (unpaired) electrons. The van der Waals surface area contributed by atoms with Gasteiger partial charge in [-0.05, 0) is 51.1 Å². The average molecular weight is 404 g/mol. The highest BCUT2D eigenvalue weighted by Crippen LogP contribution is 2.39. The molecule has 0 saturated carbocycles. The molecule has 8 heteroatoms. The third-order valence-electron chi connectivity index (χ3n) is 4.98. The van der Waals surface area contributed by atoms with Crippen LogP contribution in [0.25, 0.3) is 0 Å². The van der Waals surface area contributed by atoms with E-state index in [4.69, 9.17) is 0 Å². The highest BCUT2D eigenvalue weighted by atomic mass is 32.2. The summed E-state index contributed by atoms with van der Waals surface area (Å²) in [4.78, 5) is 17.0. The van der Waals surface area contributed by atoms with Crippen LogP contribution in [-0.4, -0.2) is 35.8 Å². The second-order valence-corrected chi connectivity index (χ2v) is 10.0. The minimum Gasteiger partial charge on any atom is -0.508 e. The fourth-order valence-electron chi connectivity index (χ4n) is 3.12. The zero-order chi connectivity index (χ0) is 20.7. The number of amidine groups is 1. The van der Waals surface area contributed by atoms with E-state index in [0.29, 0.717) is 5.56 Å². The predicted octanol–water partition coefficient (Wildman–Crippen LogP) is 2.78. The quantitative estimate of drug-likeness (QED) is 0.805. The van der Waals surface area contributed by atoms with E-state index in [1.54, 1.807) is 30.3 Å². The Morgan fingerprint density at radius 2 is 1.79 bits per heavy atom. The van der Waals surface area contributed by atoms with E-state index in [0.717, 1.165) is 12.1 Å². The molecule has 1 aliphatic rings. The molecule has 6 nitrogen and oxygen atoms in total. The van der Waals surface area contributed by atoms with Crippen molar-refractivity contribution in [1.29, 1.82) is 0 Å². The number of aromatic hydroxyl groups is 1. The van der Waals surface area contributed by atoms with E-state index < -0.39 is 37.6 Å². The number of carbonyl (C=O) groups is 1. The van der Waals surface area contributed by atoms with Gasteiger partial charge in [-0.25, -0.2) is 12.8 Å². The van der Waals surface area contributed by atoms with E-state index in [1.165, 1.54) is 26.8 Å². The third-order valence-corrected chi connectivity index (χ3v) is 7.67. The smallest absolute Gasteiger partial charge is 0.256 e. The zero-order valence-corrected chi connectivity index (χ0v) is 16.5. The van der Waals surface area contributed by atoms with E-state index in [9.17, 15) is 22.7 Å². The maximum absolute atomic E-state index is 14.4. The van der Waals surface area contributed by atoms with Crippen LogP contribution in [0.3, 0.4) is 0 Å². The Kier molecular flexibility index (Phi) is 4.79. The Hall–Kier alpha value is -2.74. The van der Waals surface area contributed by atoms with Crippen LogP contribution >= 0.6 is 0 Å². The fraction of sp³-hybridized carbons (Fsp3) is 0.300. The molecule has 1 atom stereocenters. The number of phenolic OH excluding ortho intramolecular Hbond substituents is 1. The maximum Gasteiger partial charge on any atom is 0.256 e. The molecule has 0 aliphatic carbocycles. The van der Waals surface area contributed by atoms with Gasteiger partial charge in [0.05, 0.1) is 5.75 Å². The summed E-state index contributed by atoms with van der Waals surface area (Å²) in [6.45, 7) is 4.36. The van der Waals surface area contributed by atoms with E-state index in [2.05, 4.69) is 10.3 Å². The van der Waals surface area contributed by atoms with Crippen molar-refractivity contribution in [2.75, 3.05) is 5.75 Å². The SMILES string of the molecule is CC1(C)C(NC(=O)c2ccccc2)=N[C@](C)(c2cc(O)ccc2F)CS1(=O)=O. The van der Waals surface area contributed by atoms with Gasteiger partial charge < -0.3 is 10.4 Å². The molecule has 0 fully saturated rings. The molecule has 1 amide bonds. The maximum atomic E-state index is 14.4. The van der Waals surface area contributed by atoms with Crippen molar-refractivity contribution in [3.05, 3.63) is 65.5 Å². The van der Waals surface area contributed by atoms with Gasteiger partial charge in [0, 0.05) is 11.1 Å². The van der Waals surface area contributed by atoms with Crippen molar-refractivity contribution in [2.45, 2.75) is 31.1 Å². The average Bonchev–Trinajstić information content (AvgIpc) is 2.62. The molecule has 0 bridgehead atoms. The topological polar surface area (TPSA) is 95.8 Å². The molecule has 0 aromatic heterocycles. The van der Waals surface area contributed by atoms with Crippen molar-refractivity contribution in [3.63, 3.8) is 0 Å². The summed E-state index contributed by atoms with van der Waals surface area (Å²) in [7, 11) is -3.82. The zero-order valence-electron chi connectivity index (χ0n) is 15.7. The minimum absolute atomic E-state index is 0.0574. The van der Waals surface area contributed by atoms with Crippen LogP contribution in [0.15, 0.2) is 53.5 Å². The number of phenols is 1. The van der Waals surface area contributed by atoms with Gasteiger partial charge in [-0.1, -0.05) is 18.2 Å². The summed E-state index contributed by atoms with van der Waals surface area (Å²) in [6, 6.07) is 11.7. The highest BCUT2D eigenvalue weighted by molar-refractivity contribution is 7.93. The number of benzene rings is 2. The van der Waals surface area contributed by atoms with Crippen LogP contribution in [0.5, 0.6) is 5.75 Å². The first kappa shape index (κ1) is 20.0. The van der Waals surface area contributed by atoms with Crippen molar-refractivity contribution in [1.82, 2.24) is 5.32 Å². The standard InChI is InChI=1S/C20H21FN2O4S/c1-19(2)18(22-17(25)13-7-5-4-6-8-13)23-20(3,12-28(19,26)27)15-11-14(24)9-10-16(15)21/h4-11,24H,12H2,1-3H3,(H,22,23,25)/t20-/m0/s1. The Labute approximate surface area is 163 Å². The van der Waals surface area contributed by atoms with E-state index in [1.807, 2.05) is 0 Å². The third kappa shape index (κ3) is 3.40. The molecular weight excluding hydrogens is 383 g/mol. The molecule has 3 rings (SSSR count). The molecular formula is C20H21FN2O4S. The summed E-state index contributed by atoms with van der Waals surface area (Å²) in [6.07, 6.45) is 0.